The number of rotatable bonds is 4. The Kier molecular flexibility index (Phi) is 4.79. The summed E-state index contributed by atoms with van der Waals surface area (Å²) in [6, 6.07) is 4.70. The molecule has 0 spiro atoms. The predicted molar refractivity (Wildman–Crippen MR) is 63.3 cm³/mol. The molecular weight excluding hydrogens is 213 g/mol. The van der Waals surface area contributed by atoms with E-state index in [1.807, 2.05) is 13.0 Å². The Hall–Kier alpha value is -0.860. The van der Waals surface area contributed by atoms with Gasteiger partial charge in [0.05, 0.1) is 0 Å². The van der Waals surface area contributed by atoms with Crippen molar-refractivity contribution in [3.05, 3.63) is 40.7 Å². The van der Waals surface area contributed by atoms with Crippen molar-refractivity contribution in [2.24, 2.45) is 5.73 Å². The van der Waals surface area contributed by atoms with Crippen LogP contribution in [-0.2, 0) is 0 Å². The average Bonchev–Trinajstić information content (AvgIpc) is 2.17. The summed E-state index contributed by atoms with van der Waals surface area (Å²) < 4.78 is 13.2. The van der Waals surface area contributed by atoms with Crippen molar-refractivity contribution in [3.8, 4) is 0 Å². The van der Waals surface area contributed by atoms with Gasteiger partial charge in [0.25, 0.3) is 0 Å². The van der Waals surface area contributed by atoms with Gasteiger partial charge < -0.3 is 5.73 Å². The van der Waals surface area contributed by atoms with Gasteiger partial charge >= 0.3 is 0 Å². The van der Waals surface area contributed by atoms with Crippen molar-refractivity contribution in [2.75, 3.05) is 0 Å². The third-order valence-corrected chi connectivity index (χ3v) is 2.28. The van der Waals surface area contributed by atoms with Gasteiger partial charge in [-0.2, -0.15) is 0 Å². The van der Waals surface area contributed by atoms with Crippen LogP contribution in [0.3, 0.4) is 0 Å². The van der Waals surface area contributed by atoms with Crippen LogP contribution in [0.5, 0.6) is 0 Å². The summed E-state index contributed by atoms with van der Waals surface area (Å²) in [4.78, 5) is 0. The minimum atomic E-state index is -0.253. The molecule has 0 aromatic heterocycles. The average molecular weight is 228 g/mol. The summed E-state index contributed by atoms with van der Waals surface area (Å²) in [5.74, 6) is -0.253. The van der Waals surface area contributed by atoms with Gasteiger partial charge in [0.1, 0.15) is 5.82 Å². The first-order chi connectivity index (χ1) is 7.09. The van der Waals surface area contributed by atoms with Gasteiger partial charge in [-0.05, 0) is 38.0 Å². The van der Waals surface area contributed by atoms with Crippen LogP contribution in [0.25, 0.3) is 6.08 Å². The van der Waals surface area contributed by atoms with Gasteiger partial charge in [0, 0.05) is 16.6 Å². The highest BCUT2D eigenvalue weighted by molar-refractivity contribution is 6.30. The van der Waals surface area contributed by atoms with Gasteiger partial charge in [0.15, 0.2) is 0 Å². The van der Waals surface area contributed by atoms with Crippen LogP contribution in [0.1, 0.15) is 25.3 Å². The van der Waals surface area contributed by atoms with Crippen LogP contribution >= 0.6 is 11.6 Å². The van der Waals surface area contributed by atoms with E-state index in [2.05, 4.69) is 0 Å². The second-order valence-electron chi connectivity index (χ2n) is 3.62. The molecule has 1 rings (SSSR count). The molecule has 0 radical (unpaired) electrons. The van der Waals surface area contributed by atoms with E-state index in [4.69, 9.17) is 17.3 Å². The smallest absolute Gasteiger partial charge is 0.130 e. The Morgan fingerprint density at radius 3 is 2.93 bits per heavy atom. The van der Waals surface area contributed by atoms with Crippen molar-refractivity contribution in [2.45, 2.75) is 25.8 Å². The molecule has 0 saturated carbocycles. The minimum absolute atomic E-state index is 0.179. The van der Waals surface area contributed by atoms with Gasteiger partial charge in [-0.3, -0.25) is 0 Å². The van der Waals surface area contributed by atoms with Crippen LogP contribution in [0.2, 0.25) is 5.02 Å². The topological polar surface area (TPSA) is 26.0 Å². The maximum atomic E-state index is 13.2. The lowest BCUT2D eigenvalue weighted by Crippen LogP contribution is -2.13. The molecule has 15 heavy (non-hydrogen) atoms. The Morgan fingerprint density at radius 1 is 1.53 bits per heavy atom. The van der Waals surface area contributed by atoms with Gasteiger partial charge in [-0.25, -0.2) is 4.39 Å². The second kappa shape index (κ2) is 5.89. The van der Waals surface area contributed by atoms with Crippen LogP contribution in [0.4, 0.5) is 4.39 Å². The molecule has 0 aliphatic carbocycles. The highest BCUT2D eigenvalue weighted by Crippen LogP contribution is 2.16. The second-order valence-corrected chi connectivity index (χ2v) is 4.06. The summed E-state index contributed by atoms with van der Waals surface area (Å²) in [6.45, 7) is 1.95. The lowest BCUT2D eigenvalue weighted by Gasteiger charge is -2.00. The molecule has 1 nitrogen and oxygen atoms in total. The van der Waals surface area contributed by atoms with Gasteiger partial charge in [0.2, 0.25) is 0 Å². The van der Waals surface area contributed by atoms with E-state index >= 15 is 0 Å². The van der Waals surface area contributed by atoms with Crippen molar-refractivity contribution < 1.29 is 4.39 Å². The number of hydrogen-bond acceptors (Lipinski definition) is 1. The molecule has 1 atom stereocenters. The van der Waals surface area contributed by atoms with E-state index in [1.54, 1.807) is 12.1 Å². The molecular formula is C12H15ClFN. The van der Waals surface area contributed by atoms with Crippen LogP contribution in [0.15, 0.2) is 24.3 Å². The quantitative estimate of drug-likeness (QED) is 0.836. The number of benzene rings is 1. The van der Waals surface area contributed by atoms with Crippen molar-refractivity contribution in [3.63, 3.8) is 0 Å². The third kappa shape index (κ3) is 4.45. The number of hydrogen-bond donors (Lipinski definition) is 1. The highest BCUT2D eigenvalue weighted by Gasteiger charge is 1.98. The normalized spacial score (nSPS) is 13.3. The number of halogens is 2. The summed E-state index contributed by atoms with van der Waals surface area (Å²) in [5.41, 5.74) is 6.12. The largest absolute Gasteiger partial charge is 0.328 e. The zero-order chi connectivity index (χ0) is 11.3. The highest BCUT2D eigenvalue weighted by atomic mass is 35.5. The third-order valence-electron chi connectivity index (χ3n) is 2.04. The molecule has 0 saturated heterocycles. The van der Waals surface area contributed by atoms with Crippen molar-refractivity contribution >= 4 is 17.7 Å². The van der Waals surface area contributed by atoms with E-state index < -0.39 is 0 Å². The summed E-state index contributed by atoms with van der Waals surface area (Å²) in [5, 5.41) is 0.545. The standard InChI is InChI=1S/C12H15ClFN/c1-9(15)4-2-3-5-10-8-11(13)6-7-12(10)14/h3,5-9H,2,4,15H2,1H3/b5-3+. The zero-order valence-electron chi connectivity index (χ0n) is 8.71. The molecule has 0 bridgehead atoms. The molecule has 82 valence electrons. The molecule has 0 amide bonds. The molecule has 0 aliphatic heterocycles. The monoisotopic (exact) mass is 227 g/mol. The fourth-order valence-electron chi connectivity index (χ4n) is 1.21. The van der Waals surface area contributed by atoms with Crippen LogP contribution in [-0.4, -0.2) is 6.04 Å². The lowest BCUT2D eigenvalue weighted by atomic mass is 10.1. The maximum absolute atomic E-state index is 13.2. The predicted octanol–water partition coefficient (Wildman–Crippen LogP) is 3.62. The lowest BCUT2D eigenvalue weighted by molar-refractivity contribution is 0.625. The molecule has 3 heteroatoms. The van der Waals surface area contributed by atoms with E-state index in [0.717, 1.165) is 12.8 Å². The molecule has 0 aliphatic rings. The molecule has 1 aromatic carbocycles. The first-order valence-corrected chi connectivity index (χ1v) is 5.34. The Bertz CT molecular complexity index is 347. The fourth-order valence-corrected chi connectivity index (χ4v) is 1.39. The summed E-state index contributed by atoms with van der Waals surface area (Å²) >= 11 is 5.76. The van der Waals surface area contributed by atoms with E-state index in [0.29, 0.717) is 10.6 Å². The fraction of sp³-hybridized carbons (Fsp3) is 0.333. The zero-order valence-corrected chi connectivity index (χ0v) is 9.47. The SMILES string of the molecule is CC(N)CC/C=C/c1cc(Cl)ccc1F. The molecule has 0 fully saturated rings. The van der Waals surface area contributed by atoms with Gasteiger partial charge in [-0.1, -0.05) is 23.8 Å². The molecule has 0 heterocycles. The van der Waals surface area contributed by atoms with Crippen LogP contribution in [0, 0.1) is 5.82 Å². The first kappa shape index (κ1) is 12.2. The van der Waals surface area contributed by atoms with Crippen molar-refractivity contribution in [1.82, 2.24) is 0 Å². The summed E-state index contributed by atoms with van der Waals surface area (Å²) in [6.07, 6.45) is 5.41. The summed E-state index contributed by atoms with van der Waals surface area (Å²) in [7, 11) is 0. The number of nitrogens with two attached hydrogens (primary N) is 1. The Balaban J connectivity index is 2.59. The van der Waals surface area contributed by atoms with Crippen molar-refractivity contribution in [1.29, 1.82) is 0 Å². The molecule has 1 unspecified atom stereocenters. The van der Waals surface area contributed by atoms with Crippen LogP contribution < -0.4 is 5.73 Å². The number of allylic oxidation sites excluding steroid dienone is 1. The molecule has 1 aromatic rings. The molecule has 2 N–H and O–H groups in total. The minimum Gasteiger partial charge on any atom is -0.328 e. The maximum Gasteiger partial charge on any atom is 0.130 e. The van der Waals surface area contributed by atoms with Gasteiger partial charge in [-0.15, -0.1) is 0 Å². The van der Waals surface area contributed by atoms with E-state index in [-0.39, 0.29) is 11.9 Å². The first-order valence-electron chi connectivity index (χ1n) is 4.97. The Labute approximate surface area is 94.7 Å². The van der Waals surface area contributed by atoms with E-state index in [9.17, 15) is 4.39 Å². The van der Waals surface area contributed by atoms with E-state index in [1.165, 1.54) is 12.1 Å². The Morgan fingerprint density at radius 2 is 2.27 bits per heavy atom.